The van der Waals surface area contributed by atoms with Crippen LogP contribution in [0.2, 0.25) is 0 Å². The van der Waals surface area contributed by atoms with Gasteiger partial charge in [-0.3, -0.25) is 4.40 Å². The standard InChI is InChI=1S/C8H10N2S/c1-3-7-4-9-8-10(7)6(2)5-11-8/h4-5H,3H2,1-2H3. The molecule has 0 saturated carbocycles. The van der Waals surface area contributed by atoms with E-state index in [2.05, 4.69) is 28.6 Å². The first-order valence-corrected chi connectivity index (χ1v) is 4.61. The number of nitrogens with zero attached hydrogens (tertiary/aromatic N) is 2. The van der Waals surface area contributed by atoms with E-state index >= 15 is 0 Å². The fourth-order valence-electron chi connectivity index (χ4n) is 1.27. The lowest BCUT2D eigenvalue weighted by molar-refractivity contribution is 0.974. The van der Waals surface area contributed by atoms with E-state index in [1.54, 1.807) is 11.3 Å². The molecule has 2 aromatic heterocycles. The summed E-state index contributed by atoms with van der Waals surface area (Å²) in [6.45, 7) is 4.27. The summed E-state index contributed by atoms with van der Waals surface area (Å²) in [7, 11) is 0. The zero-order valence-electron chi connectivity index (χ0n) is 6.66. The smallest absolute Gasteiger partial charge is 0.194 e. The number of imidazole rings is 1. The molecular formula is C8H10N2S. The zero-order valence-corrected chi connectivity index (χ0v) is 7.48. The first kappa shape index (κ1) is 6.85. The summed E-state index contributed by atoms with van der Waals surface area (Å²) in [5.41, 5.74) is 2.60. The number of fused-ring (bicyclic) bond motifs is 1. The number of hydrogen-bond donors (Lipinski definition) is 0. The molecule has 0 spiro atoms. The summed E-state index contributed by atoms with van der Waals surface area (Å²) in [5.74, 6) is 0. The SMILES string of the molecule is CCc1cnc2scc(C)n12. The van der Waals surface area contributed by atoms with Gasteiger partial charge in [0.05, 0.1) is 6.20 Å². The molecule has 0 radical (unpaired) electrons. The summed E-state index contributed by atoms with van der Waals surface area (Å²) >= 11 is 1.70. The lowest BCUT2D eigenvalue weighted by Gasteiger charge is -1.93. The van der Waals surface area contributed by atoms with E-state index in [9.17, 15) is 0 Å². The number of aromatic nitrogens is 2. The van der Waals surface area contributed by atoms with Gasteiger partial charge < -0.3 is 0 Å². The lowest BCUT2D eigenvalue weighted by Crippen LogP contribution is -1.89. The van der Waals surface area contributed by atoms with Crippen LogP contribution in [0.25, 0.3) is 4.96 Å². The summed E-state index contributed by atoms with van der Waals surface area (Å²) in [4.78, 5) is 5.40. The van der Waals surface area contributed by atoms with Gasteiger partial charge >= 0.3 is 0 Å². The maximum atomic E-state index is 4.29. The second-order valence-corrected chi connectivity index (χ2v) is 3.43. The Morgan fingerprint density at radius 1 is 1.64 bits per heavy atom. The topological polar surface area (TPSA) is 17.3 Å². The van der Waals surface area contributed by atoms with Crippen LogP contribution in [-0.4, -0.2) is 9.38 Å². The highest BCUT2D eigenvalue weighted by Gasteiger charge is 2.04. The fraction of sp³-hybridized carbons (Fsp3) is 0.375. The lowest BCUT2D eigenvalue weighted by atomic mass is 10.3. The van der Waals surface area contributed by atoms with Crippen molar-refractivity contribution in [3.05, 3.63) is 23.0 Å². The molecule has 0 atom stereocenters. The van der Waals surface area contributed by atoms with Crippen molar-refractivity contribution in [1.82, 2.24) is 9.38 Å². The number of hydrogen-bond acceptors (Lipinski definition) is 2. The minimum Gasteiger partial charge on any atom is -0.292 e. The normalized spacial score (nSPS) is 11.1. The maximum absolute atomic E-state index is 4.29. The number of thiazole rings is 1. The molecule has 0 aromatic carbocycles. The van der Waals surface area contributed by atoms with Crippen LogP contribution in [0.5, 0.6) is 0 Å². The molecule has 0 fully saturated rings. The summed E-state index contributed by atoms with van der Waals surface area (Å²) in [6, 6.07) is 0. The summed E-state index contributed by atoms with van der Waals surface area (Å²) in [6.07, 6.45) is 3.01. The highest BCUT2D eigenvalue weighted by Crippen LogP contribution is 2.16. The van der Waals surface area contributed by atoms with Crippen molar-refractivity contribution < 1.29 is 0 Å². The van der Waals surface area contributed by atoms with Crippen LogP contribution in [0.15, 0.2) is 11.6 Å². The van der Waals surface area contributed by atoms with Crippen molar-refractivity contribution in [1.29, 1.82) is 0 Å². The van der Waals surface area contributed by atoms with Crippen molar-refractivity contribution in [2.45, 2.75) is 20.3 Å². The van der Waals surface area contributed by atoms with Gasteiger partial charge in [-0.15, -0.1) is 11.3 Å². The van der Waals surface area contributed by atoms with E-state index < -0.39 is 0 Å². The maximum Gasteiger partial charge on any atom is 0.194 e. The summed E-state index contributed by atoms with van der Waals surface area (Å²) in [5, 5.41) is 2.14. The van der Waals surface area contributed by atoms with Gasteiger partial charge in [-0.2, -0.15) is 0 Å². The molecule has 58 valence electrons. The molecule has 0 aliphatic carbocycles. The van der Waals surface area contributed by atoms with Crippen LogP contribution in [0.4, 0.5) is 0 Å². The highest BCUT2D eigenvalue weighted by molar-refractivity contribution is 7.15. The fourth-order valence-corrected chi connectivity index (χ4v) is 2.13. The number of rotatable bonds is 1. The van der Waals surface area contributed by atoms with Gasteiger partial charge in [0.2, 0.25) is 0 Å². The van der Waals surface area contributed by atoms with E-state index in [1.807, 2.05) is 6.20 Å². The average molecular weight is 166 g/mol. The van der Waals surface area contributed by atoms with Crippen molar-refractivity contribution in [2.24, 2.45) is 0 Å². The van der Waals surface area contributed by atoms with E-state index in [1.165, 1.54) is 11.4 Å². The first-order chi connectivity index (χ1) is 5.33. The Hall–Kier alpha value is -0.830. The molecular weight excluding hydrogens is 156 g/mol. The van der Waals surface area contributed by atoms with Gasteiger partial charge in [-0.1, -0.05) is 6.92 Å². The molecule has 11 heavy (non-hydrogen) atoms. The molecule has 0 N–H and O–H groups in total. The second kappa shape index (κ2) is 2.34. The predicted molar refractivity (Wildman–Crippen MR) is 47.2 cm³/mol. The second-order valence-electron chi connectivity index (χ2n) is 2.60. The van der Waals surface area contributed by atoms with Crippen molar-refractivity contribution in [2.75, 3.05) is 0 Å². The molecule has 0 unspecified atom stereocenters. The monoisotopic (exact) mass is 166 g/mol. The molecule has 0 amide bonds. The first-order valence-electron chi connectivity index (χ1n) is 3.73. The van der Waals surface area contributed by atoms with Crippen LogP contribution in [0.3, 0.4) is 0 Å². The number of aryl methyl sites for hydroxylation is 2. The molecule has 0 aliphatic heterocycles. The van der Waals surface area contributed by atoms with E-state index in [0.29, 0.717) is 0 Å². The van der Waals surface area contributed by atoms with Crippen LogP contribution >= 0.6 is 11.3 Å². The Balaban J connectivity index is 2.80. The van der Waals surface area contributed by atoms with Crippen LogP contribution < -0.4 is 0 Å². The highest BCUT2D eigenvalue weighted by atomic mass is 32.1. The molecule has 2 aromatic rings. The van der Waals surface area contributed by atoms with Gasteiger partial charge in [0.15, 0.2) is 4.96 Å². The zero-order chi connectivity index (χ0) is 7.84. The van der Waals surface area contributed by atoms with E-state index in [4.69, 9.17) is 0 Å². The van der Waals surface area contributed by atoms with Gasteiger partial charge in [-0.25, -0.2) is 4.98 Å². The van der Waals surface area contributed by atoms with Gasteiger partial charge in [0.1, 0.15) is 0 Å². The van der Waals surface area contributed by atoms with Crippen LogP contribution in [0.1, 0.15) is 18.3 Å². The molecule has 0 bridgehead atoms. The Morgan fingerprint density at radius 3 is 3.18 bits per heavy atom. The summed E-state index contributed by atoms with van der Waals surface area (Å²) < 4.78 is 2.21. The van der Waals surface area contributed by atoms with Crippen molar-refractivity contribution in [3.63, 3.8) is 0 Å². The van der Waals surface area contributed by atoms with E-state index in [0.717, 1.165) is 11.4 Å². The van der Waals surface area contributed by atoms with Crippen LogP contribution in [0, 0.1) is 6.92 Å². The molecule has 3 heteroatoms. The molecule has 0 saturated heterocycles. The minimum atomic E-state index is 1.05. The van der Waals surface area contributed by atoms with Gasteiger partial charge in [0.25, 0.3) is 0 Å². The van der Waals surface area contributed by atoms with E-state index in [-0.39, 0.29) is 0 Å². The van der Waals surface area contributed by atoms with Crippen molar-refractivity contribution >= 4 is 16.3 Å². The third-order valence-corrected chi connectivity index (χ3v) is 2.81. The molecule has 0 aliphatic rings. The molecule has 2 heterocycles. The quantitative estimate of drug-likeness (QED) is 0.635. The Kier molecular flexibility index (Phi) is 1.46. The largest absolute Gasteiger partial charge is 0.292 e. The predicted octanol–water partition coefficient (Wildman–Crippen LogP) is 2.27. The van der Waals surface area contributed by atoms with Crippen molar-refractivity contribution in [3.8, 4) is 0 Å². The van der Waals surface area contributed by atoms with Gasteiger partial charge in [0, 0.05) is 16.8 Å². The Morgan fingerprint density at radius 2 is 2.45 bits per heavy atom. The minimum absolute atomic E-state index is 1.05. The molecule has 2 nitrogen and oxygen atoms in total. The van der Waals surface area contributed by atoms with Gasteiger partial charge in [-0.05, 0) is 13.3 Å². The third-order valence-electron chi connectivity index (χ3n) is 1.85. The molecule has 2 rings (SSSR count). The Bertz CT molecular complexity index is 372. The van der Waals surface area contributed by atoms with Crippen LogP contribution in [-0.2, 0) is 6.42 Å². The third kappa shape index (κ3) is 0.878. The Labute approximate surface area is 69.5 Å². The average Bonchev–Trinajstić information content (AvgIpc) is 2.54.